The number of aromatic nitrogens is 1. The van der Waals surface area contributed by atoms with E-state index in [1.54, 1.807) is 17.4 Å². The SMILES string of the molecule is Cc1cscc1CNS(=O)(=O)c1ncccc1N. The monoisotopic (exact) mass is 283 g/mol. The highest BCUT2D eigenvalue weighted by atomic mass is 32.2. The third kappa shape index (κ3) is 2.69. The van der Waals surface area contributed by atoms with Crippen LogP contribution in [0.2, 0.25) is 0 Å². The molecule has 2 heterocycles. The second kappa shape index (κ2) is 5.05. The summed E-state index contributed by atoms with van der Waals surface area (Å²) in [6.07, 6.45) is 1.40. The van der Waals surface area contributed by atoms with Crippen LogP contribution in [0.4, 0.5) is 5.69 Å². The van der Waals surface area contributed by atoms with Crippen LogP contribution in [-0.4, -0.2) is 13.4 Å². The Hall–Kier alpha value is -1.44. The van der Waals surface area contributed by atoms with Gasteiger partial charge >= 0.3 is 0 Å². The van der Waals surface area contributed by atoms with E-state index in [0.717, 1.165) is 11.1 Å². The Labute approximate surface area is 110 Å². The van der Waals surface area contributed by atoms with Crippen molar-refractivity contribution in [3.05, 3.63) is 40.2 Å². The second-order valence-electron chi connectivity index (χ2n) is 3.80. The van der Waals surface area contributed by atoms with Gasteiger partial charge < -0.3 is 5.73 Å². The Balaban J connectivity index is 2.19. The molecule has 0 atom stereocenters. The normalized spacial score (nSPS) is 11.6. The Morgan fingerprint density at radius 1 is 1.44 bits per heavy atom. The summed E-state index contributed by atoms with van der Waals surface area (Å²) < 4.78 is 26.5. The highest BCUT2D eigenvalue weighted by molar-refractivity contribution is 7.89. The predicted molar refractivity (Wildman–Crippen MR) is 71.7 cm³/mol. The summed E-state index contributed by atoms with van der Waals surface area (Å²) in [4.78, 5) is 3.80. The molecule has 0 aliphatic carbocycles. The number of nitrogens with zero attached hydrogens (tertiary/aromatic N) is 1. The predicted octanol–water partition coefficient (Wildman–Crippen LogP) is 1.51. The lowest BCUT2D eigenvalue weighted by atomic mass is 10.2. The van der Waals surface area contributed by atoms with Crippen molar-refractivity contribution in [2.75, 3.05) is 5.73 Å². The zero-order valence-corrected chi connectivity index (χ0v) is 11.4. The van der Waals surface area contributed by atoms with Crippen molar-refractivity contribution in [2.24, 2.45) is 0 Å². The Bertz CT molecular complexity index is 650. The third-order valence-electron chi connectivity index (χ3n) is 2.47. The lowest BCUT2D eigenvalue weighted by Gasteiger charge is -2.07. The van der Waals surface area contributed by atoms with Gasteiger partial charge in [0.25, 0.3) is 10.0 Å². The fraction of sp³-hybridized carbons (Fsp3) is 0.182. The van der Waals surface area contributed by atoms with Crippen LogP contribution in [0.1, 0.15) is 11.1 Å². The number of nitrogens with two attached hydrogens (primary N) is 1. The molecule has 3 N–H and O–H groups in total. The summed E-state index contributed by atoms with van der Waals surface area (Å²) in [5.74, 6) is 0. The molecule has 0 radical (unpaired) electrons. The summed E-state index contributed by atoms with van der Waals surface area (Å²) in [7, 11) is -3.67. The summed E-state index contributed by atoms with van der Waals surface area (Å²) in [6, 6.07) is 3.11. The molecule has 0 fully saturated rings. The number of thiophene rings is 1. The van der Waals surface area contributed by atoms with Crippen molar-refractivity contribution in [1.29, 1.82) is 0 Å². The van der Waals surface area contributed by atoms with Crippen LogP contribution in [-0.2, 0) is 16.6 Å². The molecule has 0 aromatic carbocycles. The number of nitrogen functional groups attached to an aromatic ring is 1. The number of hydrogen-bond acceptors (Lipinski definition) is 5. The average molecular weight is 283 g/mol. The van der Waals surface area contributed by atoms with Gasteiger partial charge in [0.15, 0.2) is 5.03 Å². The van der Waals surface area contributed by atoms with E-state index in [9.17, 15) is 8.42 Å². The molecule has 96 valence electrons. The van der Waals surface area contributed by atoms with Gasteiger partial charge in [0, 0.05) is 12.7 Å². The van der Waals surface area contributed by atoms with Crippen molar-refractivity contribution in [1.82, 2.24) is 9.71 Å². The standard InChI is InChI=1S/C11H13N3O2S2/c1-8-6-17-7-9(8)5-14-18(15,16)11-10(12)3-2-4-13-11/h2-4,6-7,14H,5,12H2,1H3. The van der Waals surface area contributed by atoms with Crippen molar-refractivity contribution in [3.63, 3.8) is 0 Å². The molecule has 2 aromatic heterocycles. The zero-order chi connectivity index (χ0) is 13.2. The van der Waals surface area contributed by atoms with E-state index in [1.165, 1.54) is 12.3 Å². The van der Waals surface area contributed by atoms with Crippen LogP contribution in [0, 0.1) is 6.92 Å². The first-order valence-corrected chi connectivity index (χ1v) is 7.65. The van der Waals surface area contributed by atoms with Gasteiger partial charge in [0.1, 0.15) is 0 Å². The van der Waals surface area contributed by atoms with Gasteiger partial charge in [-0.15, -0.1) is 0 Å². The minimum Gasteiger partial charge on any atom is -0.396 e. The lowest BCUT2D eigenvalue weighted by Crippen LogP contribution is -2.25. The summed E-state index contributed by atoms with van der Waals surface area (Å²) >= 11 is 1.54. The van der Waals surface area contributed by atoms with Crippen molar-refractivity contribution < 1.29 is 8.42 Å². The lowest BCUT2D eigenvalue weighted by molar-refractivity contribution is 0.578. The molecule has 0 saturated heterocycles. The van der Waals surface area contributed by atoms with Crippen molar-refractivity contribution in [3.8, 4) is 0 Å². The van der Waals surface area contributed by atoms with E-state index >= 15 is 0 Å². The van der Waals surface area contributed by atoms with Gasteiger partial charge in [-0.05, 0) is 40.9 Å². The van der Waals surface area contributed by atoms with Gasteiger partial charge in [0.2, 0.25) is 0 Å². The van der Waals surface area contributed by atoms with E-state index in [2.05, 4.69) is 9.71 Å². The molecule has 7 heteroatoms. The van der Waals surface area contributed by atoms with Crippen LogP contribution in [0.5, 0.6) is 0 Å². The summed E-state index contributed by atoms with van der Waals surface area (Å²) in [6.45, 7) is 2.18. The van der Waals surface area contributed by atoms with E-state index in [0.29, 0.717) is 0 Å². The molecule has 0 unspecified atom stereocenters. The van der Waals surface area contributed by atoms with Crippen LogP contribution in [0.25, 0.3) is 0 Å². The minimum atomic E-state index is -3.67. The molecule has 2 aromatic rings. The number of pyridine rings is 1. The number of aryl methyl sites for hydroxylation is 1. The maximum absolute atomic E-state index is 12.0. The Morgan fingerprint density at radius 3 is 2.83 bits per heavy atom. The molecular weight excluding hydrogens is 270 g/mol. The maximum atomic E-state index is 12.0. The maximum Gasteiger partial charge on any atom is 0.260 e. The molecule has 5 nitrogen and oxygen atoms in total. The molecule has 0 saturated carbocycles. The van der Waals surface area contributed by atoms with Gasteiger partial charge in [0.05, 0.1) is 5.69 Å². The number of sulfonamides is 1. The van der Waals surface area contributed by atoms with Crippen LogP contribution in [0.3, 0.4) is 0 Å². The minimum absolute atomic E-state index is 0.127. The second-order valence-corrected chi connectivity index (χ2v) is 6.23. The molecule has 2 rings (SSSR count). The Kier molecular flexibility index (Phi) is 3.65. The molecule has 0 bridgehead atoms. The first-order chi connectivity index (χ1) is 8.50. The molecule has 0 aliphatic heterocycles. The van der Waals surface area contributed by atoms with Gasteiger partial charge in [-0.2, -0.15) is 11.3 Å². The van der Waals surface area contributed by atoms with Crippen LogP contribution < -0.4 is 10.5 Å². The average Bonchev–Trinajstić information content (AvgIpc) is 2.73. The van der Waals surface area contributed by atoms with Gasteiger partial charge in [-0.3, -0.25) is 0 Å². The van der Waals surface area contributed by atoms with E-state index in [1.807, 2.05) is 17.7 Å². The fourth-order valence-electron chi connectivity index (χ4n) is 1.44. The van der Waals surface area contributed by atoms with Gasteiger partial charge in [-0.25, -0.2) is 18.1 Å². The first kappa shape index (κ1) is 13.0. The van der Waals surface area contributed by atoms with Crippen LogP contribution >= 0.6 is 11.3 Å². The number of rotatable bonds is 4. The van der Waals surface area contributed by atoms with Crippen LogP contribution in [0.15, 0.2) is 34.1 Å². The van der Waals surface area contributed by atoms with E-state index in [4.69, 9.17) is 5.73 Å². The first-order valence-electron chi connectivity index (χ1n) is 5.22. The number of anilines is 1. The molecular formula is C11H13N3O2S2. The van der Waals surface area contributed by atoms with Crippen molar-refractivity contribution in [2.45, 2.75) is 18.5 Å². The third-order valence-corrected chi connectivity index (χ3v) is 4.75. The highest BCUT2D eigenvalue weighted by Gasteiger charge is 2.18. The smallest absolute Gasteiger partial charge is 0.260 e. The summed E-state index contributed by atoms with van der Waals surface area (Å²) in [5, 5.41) is 3.76. The van der Waals surface area contributed by atoms with E-state index < -0.39 is 10.0 Å². The fourth-order valence-corrected chi connectivity index (χ4v) is 3.35. The quantitative estimate of drug-likeness (QED) is 0.890. The molecule has 0 spiro atoms. The van der Waals surface area contributed by atoms with Gasteiger partial charge in [-0.1, -0.05) is 0 Å². The highest BCUT2D eigenvalue weighted by Crippen LogP contribution is 2.16. The molecule has 0 amide bonds. The zero-order valence-electron chi connectivity index (χ0n) is 9.75. The molecule has 0 aliphatic rings. The Morgan fingerprint density at radius 2 is 2.22 bits per heavy atom. The summed E-state index contributed by atoms with van der Waals surface area (Å²) in [5.41, 5.74) is 7.77. The number of hydrogen-bond donors (Lipinski definition) is 2. The topological polar surface area (TPSA) is 85.1 Å². The molecule has 18 heavy (non-hydrogen) atoms. The number of nitrogens with one attached hydrogen (secondary N) is 1. The van der Waals surface area contributed by atoms with Crippen molar-refractivity contribution >= 4 is 27.0 Å². The van der Waals surface area contributed by atoms with E-state index in [-0.39, 0.29) is 17.3 Å². The largest absolute Gasteiger partial charge is 0.396 e.